The summed E-state index contributed by atoms with van der Waals surface area (Å²) in [5.41, 5.74) is 1.63. The monoisotopic (exact) mass is 311 g/mol. The van der Waals surface area contributed by atoms with Crippen molar-refractivity contribution in [3.63, 3.8) is 0 Å². The normalized spacial score (nSPS) is 17.8. The van der Waals surface area contributed by atoms with Crippen LogP contribution < -0.4 is 4.90 Å². The second kappa shape index (κ2) is 6.79. The lowest BCUT2D eigenvalue weighted by Crippen LogP contribution is -2.39. The largest absolute Gasteiger partial charge is 0.370 e. The SMILES string of the molecule is CN(C)C(=O)c1cccc(N2CCOC(c3ccccc3)C2)n1. The number of pyridine rings is 1. The molecule has 5 nitrogen and oxygen atoms in total. The summed E-state index contributed by atoms with van der Waals surface area (Å²) >= 11 is 0. The van der Waals surface area contributed by atoms with E-state index in [0.29, 0.717) is 12.3 Å². The molecule has 0 radical (unpaired) electrons. The van der Waals surface area contributed by atoms with Crippen LogP contribution in [0.15, 0.2) is 48.5 Å². The first-order chi connectivity index (χ1) is 11.1. The molecule has 1 amide bonds. The third-order valence-electron chi connectivity index (χ3n) is 3.92. The molecule has 120 valence electrons. The number of nitrogens with zero attached hydrogens (tertiary/aromatic N) is 3. The summed E-state index contributed by atoms with van der Waals surface area (Å²) in [5, 5.41) is 0. The maximum atomic E-state index is 12.1. The van der Waals surface area contributed by atoms with E-state index in [1.54, 1.807) is 20.2 Å². The summed E-state index contributed by atoms with van der Waals surface area (Å²) in [5.74, 6) is 0.738. The quantitative estimate of drug-likeness (QED) is 0.873. The van der Waals surface area contributed by atoms with Crippen LogP contribution in [0.2, 0.25) is 0 Å². The molecule has 0 saturated carbocycles. The van der Waals surface area contributed by atoms with Gasteiger partial charge in [-0.15, -0.1) is 0 Å². The molecule has 23 heavy (non-hydrogen) atoms. The van der Waals surface area contributed by atoms with Crippen molar-refractivity contribution >= 4 is 11.7 Å². The highest BCUT2D eigenvalue weighted by molar-refractivity contribution is 5.92. The molecule has 1 aromatic carbocycles. The third kappa shape index (κ3) is 3.51. The van der Waals surface area contributed by atoms with Gasteiger partial charge in [-0.25, -0.2) is 4.98 Å². The molecular weight excluding hydrogens is 290 g/mol. The molecule has 1 aliphatic rings. The van der Waals surface area contributed by atoms with E-state index < -0.39 is 0 Å². The molecule has 0 bridgehead atoms. The molecule has 5 heteroatoms. The number of anilines is 1. The van der Waals surface area contributed by atoms with E-state index in [0.717, 1.165) is 24.5 Å². The van der Waals surface area contributed by atoms with E-state index in [-0.39, 0.29) is 12.0 Å². The molecule has 2 aromatic rings. The van der Waals surface area contributed by atoms with Gasteiger partial charge < -0.3 is 14.5 Å². The summed E-state index contributed by atoms with van der Waals surface area (Å²) in [4.78, 5) is 20.3. The fourth-order valence-corrected chi connectivity index (χ4v) is 2.67. The van der Waals surface area contributed by atoms with Crippen LogP contribution in [-0.2, 0) is 4.74 Å². The van der Waals surface area contributed by atoms with E-state index in [9.17, 15) is 4.79 Å². The zero-order valence-electron chi connectivity index (χ0n) is 13.5. The van der Waals surface area contributed by atoms with Crippen molar-refractivity contribution in [2.75, 3.05) is 38.7 Å². The molecular formula is C18H21N3O2. The number of hydrogen-bond donors (Lipinski definition) is 0. The Hall–Kier alpha value is -2.40. The zero-order chi connectivity index (χ0) is 16.2. The predicted molar refractivity (Wildman–Crippen MR) is 89.6 cm³/mol. The van der Waals surface area contributed by atoms with Crippen LogP contribution >= 0.6 is 0 Å². The maximum absolute atomic E-state index is 12.1. The Balaban J connectivity index is 1.79. The molecule has 0 N–H and O–H groups in total. The number of ether oxygens (including phenoxy) is 1. The maximum Gasteiger partial charge on any atom is 0.272 e. The first kappa shape index (κ1) is 15.5. The van der Waals surface area contributed by atoms with Crippen molar-refractivity contribution < 1.29 is 9.53 Å². The smallest absolute Gasteiger partial charge is 0.272 e. The summed E-state index contributed by atoms with van der Waals surface area (Å²) < 4.78 is 5.89. The molecule has 0 spiro atoms. The number of carbonyl (C=O) groups is 1. The summed E-state index contributed by atoms with van der Waals surface area (Å²) in [6.45, 7) is 2.15. The lowest BCUT2D eigenvalue weighted by atomic mass is 10.1. The topological polar surface area (TPSA) is 45.7 Å². The molecule has 2 heterocycles. The number of amides is 1. The van der Waals surface area contributed by atoms with Crippen LogP contribution in [-0.4, -0.2) is 49.6 Å². The Morgan fingerprint density at radius 1 is 1.17 bits per heavy atom. The molecule has 1 aliphatic heterocycles. The molecule has 1 fully saturated rings. The Morgan fingerprint density at radius 3 is 2.70 bits per heavy atom. The van der Waals surface area contributed by atoms with Gasteiger partial charge in [-0.1, -0.05) is 36.4 Å². The van der Waals surface area contributed by atoms with Crippen molar-refractivity contribution in [1.29, 1.82) is 0 Å². The lowest BCUT2D eigenvalue weighted by molar-refractivity contribution is 0.0395. The van der Waals surface area contributed by atoms with Gasteiger partial charge in [0.1, 0.15) is 17.6 Å². The number of aromatic nitrogens is 1. The molecule has 1 aromatic heterocycles. The average Bonchev–Trinajstić information content (AvgIpc) is 2.62. The van der Waals surface area contributed by atoms with Gasteiger partial charge in [0.25, 0.3) is 5.91 Å². The minimum absolute atomic E-state index is 0.0277. The molecule has 1 atom stereocenters. The Labute approximate surface area is 136 Å². The molecule has 1 saturated heterocycles. The molecule has 1 unspecified atom stereocenters. The highest BCUT2D eigenvalue weighted by Gasteiger charge is 2.23. The summed E-state index contributed by atoms with van der Waals surface area (Å²) in [7, 11) is 3.47. The number of hydrogen-bond acceptors (Lipinski definition) is 4. The van der Waals surface area contributed by atoms with E-state index >= 15 is 0 Å². The van der Waals surface area contributed by atoms with Gasteiger partial charge in [0.05, 0.1) is 6.61 Å². The highest BCUT2D eigenvalue weighted by Crippen LogP contribution is 2.25. The summed E-state index contributed by atoms with van der Waals surface area (Å²) in [6, 6.07) is 15.8. The van der Waals surface area contributed by atoms with Gasteiger partial charge in [0.2, 0.25) is 0 Å². The van der Waals surface area contributed by atoms with Gasteiger partial charge in [0, 0.05) is 27.2 Å². The van der Waals surface area contributed by atoms with Crippen LogP contribution in [0.5, 0.6) is 0 Å². The third-order valence-corrected chi connectivity index (χ3v) is 3.92. The van der Waals surface area contributed by atoms with Gasteiger partial charge in [-0.3, -0.25) is 4.79 Å². The van der Waals surface area contributed by atoms with E-state index in [2.05, 4.69) is 22.0 Å². The van der Waals surface area contributed by atoms with Crippen LogP contribution in [0.25, 0.3) is 0 Å². The Kier molecular flexibility index (Phi) is 4.57. The second-order valence-electron chi connectivity index (χ2n) is 5.80. The fourth-order valence-electron chi connectivity index (χ4n) is 2.67. The van der Waals surface area contributed by atoms with Gasteiger partial charge in [-0.2, -0.15) is 0 Å². The first-order valence-electron chi connectivity index (χ1n) is 7.75. The van der Waals surface area contributed by atoms with Crippen LogP contribution in [0.1, 0.15) is 22.2 Å². The van der Waals surface area contributed by atoms with Gasteiger partial charge in [-0.05, 0) is 17.7 Å². The minimum Gasteiger partial charge on any atom is -0.370 e. The first-order valence-corrected chi connectivity index (χ1v) is 7.75. The average molecular weight is 311 g/mol. The standard InChI is InChI=1S/C18H21N3O2/c1-20(2)18(22)15-9-6-10-17(19-15)21-11-12-23-16(13-21)14-7-4-3-5-8-14/h3-10,16H,11-13H2,1-2H3. The number of carbonyl (C=O) groups excluding carboxylic acids is 1. The van der Waals surface area contributed by atoms with Crippen LogP contribution in [0.3, 0.4) is 0 Å². The highest BCUT2D eigenvalue weighted by atomic mass is 16.5. The van der Waals surface area contributed by atoms with Crippen molar-refractivity contribution in [2.45, 2.75) is 6.10 Å². The number of morpholine rings is 1. The second-order valence-corrected chi connectivity index (χ2v) is 5.80. The number of rotatable bonds is 3. The van der Waals surface area contributed by atoms with Gasteiger partial charge in [0.15, 0.2) is 0 Å². The van der Waals surface area contributed by atoms with E-state index in [1.807, 2.05) is 30.3 Å². The van der Waals surface area contributed by atoms with Crippen LogP contribution in [0, 0.1) is 0 Å². The Morgan fingerprint density at radius 2 is 1.96 bits per heavy atom. The van der Waals surface area contributed by atoms with Gasteiger partial charge >= 0.3 is 0 Å². The molecule has 0 aliphatic carbocycles. The Bertz CT molecular complexity index is 673. The predicted octanol–water partition coefficient (Wildman–Crippen LogP) is 2.36. The molecule has 3 rings (SSSR count). The fraction of sp³-hybridized carbons (Fsp3) is 0.333. The van der Waals surface area contributed by atoms with Crippen molar-refractivity contribution in [3.05, 3.63) is 59.8 Å². The number of benzene rings is 1. The van der Waals surface area contributed by atoms with E-state index in [1.165, 1.54) is 4.90 Å². The lowest BCUT2D eigenvalue weighted by Gasteiger charge is -2.34. The van der Waals surface area contributed by atoms with Crippen LogP contribution in [0.4, 0.5) is 5.82 Å². The van der Waals surface area contributed by atoms with Crippen molar-refractivity contribution in [2.24, 2.45) is 0 Å². The minimum atomic E-state index is -0.0836. The van der Waals surface area contributed by atoms with E-state index in [4.69, 9.17) is 4.74 Å². The van der Waals surface area contributed by atoms with Crippen molar-refractivity contribution in [3.8, 4) is 0 Å². The summed E-state index contributed by atoms with van der Waals surface area (Å²) in [6.07, 6.45) is 0.0277. The zero-order valence-corrected chi connectivity index (χ0v) is 13.5. The van der Waals surface area contributed by atoms with Crippen molar-refractivity contribution in [1.82, 2.24) is 9.88 Å².